The van der Waals surface area contributed by atoms with Crippen LogP contribution in [0.3, 0.4) is 0 Å². The van der Waals surface area contributed by atoms with Crippen molar-refractivity contribution >= 4 is 26.8 Å². The van der Waals surface area contributed by atoms with E-state index < -0.39 is 21.2 Å². The zero-order valence-electron chi connectivity index (χ0n) is 17.6. The largest absolute Gasteiger partial charge is 0.382 e. The predicted molar refractivity (Wildman–Crippen MR) is 115 cm³/mol. The van der Waals surface area contributed by atoms with E-state index in [1.165, 1.54) is 6.20 Å². The Labute approximate surface area is 181 Å². The summed E-state index contributed by atoms with van der Waals surface area (Å²) in [6.45, 7) is 0.817. The number of carbonyl (C=O) groups excluding carboxylic acids is 1. The number of Topliss-reactive ketones (excluding diaryl/α,β-unsaturated/α-hetero) is 1. The van der Waals surface area contributed by atoms with E-state index in [1.807, 2.05) is 12.1 Å². The molecule has 9 heteroatoms. The molecular weight excluding hydrogens is 418 g/mol. The Hall–Kier alpha value is -2.83. The molecule has 0 spiro atoms. The number of nitrogens with one attached hydrogen (secondary N) is 1. The van der Waals surface area contributed by atoms with Crippen molar-refractivity contribution in [2.45, 2.75) is 36.9 Å². The van der Waals surface area contributed by atoms with E-state index in [9.17, 15) is 18.5 Å². The predicted octanol–water partition coefficient (Wildman–Crippen LogP) is 3.08. The summed E-state index contributed by atoms with van der Waals surface area (Å²) in [6, 6.07) is 7.16. The molecule has 0 bridgehead atoms. The van der Waals surface area contributed by atoms with Crippen molar-refractivity contribution in [3.05, 3.63) is 41.2 Å². The average Bonchev–Trinajstić information content (AvgIpc) is 3.50. The molecule has 1 saturated carbocycles. The molecule has 0 amide bonds. The Balaban J connectivity index is 1.69. The molecule has 1 saturated heterocycles. The number of aromatic amines is 1. The van der Waals surface area contributed by atoms with Crippen molar-refractivity contribution in [1.82, 2.24) is 9.88 Å². The molecule has 1 aliphatic carbocycles. The zero-order chi connectivity index (χ0) is 22.2. The van der Waals surface area contributed by atoms with Gasteiger partial charge in [-0.05, 0) is 49.3 Å². The number of ether oxygens (including phenoxy) is 1. The molecule has 0 atom stereocenters. The molecule has 1 N–H and O–H groups in total. The minimum absolute atomic E-state index is 0.0116. The van der Waals surface area contributed by atoms with Gasteiger partial charge >= 0.3 is 10.1 Å². The number of rotatable bonds is 7. The number of allylic oxidation sites excluding steroid dienone is 1. The molecule has 0 radical (unpaired) electrons. The van der Waals surface area contributed by atoms with Crippen molar-refractivity contribution < 1.29 is 22.1 Å². The number of benzene rings is 1. The maximum atomic E-state index is 12.8. The van der Waals surface area contributed by atoms with Gasteiger partial charge in [-0.3, -0.25) is 4.79 Å². The van der Waals surface area contributed by atoms with Crippen molar-refractivity contribution in [2.75, 3.05) is 27.3 Å². The van der Waals surface area contributed by atoms with Gasteiger partial charge in [-0.2, -0.15) is 13.7 Å². The van der Waals surface area contributed by atoms with Crippen LogP contribution in [0.5, 0.6) is 5.75 Å². The fourth-order valence-electron chi connectivity index (χ4n) is 3.79. The van der Waals surface area contributed by atoms with Crippen LogP contribution < -0.4 is 4.18 Å². The number of hydrogen-bond donors (Lipinski definition) is 1. The first-order chi connectivity index (χ1) is 14.8. The maximum absolute atomic E-state index is 12.8. The lowest BCUT2D eigenvalue weighted by molar-refractivity contribution is 0.0971. The van der Waals surface area contributed by atoms with Crippen LogP contribution in [-0.4, -0.2) is 56.6 Å². The molecule has 31 heavy (non-hydrogen) atoms. The van der Waals surface area contributed by atoms with E-state index in [2.05, 4.69) is 4.98 Å². The third-order valence-corrected chi connectivity index (χ3v) is 7.25. The number of nitriles is 1. The summed E-state index contributed by atoms with van der Waals surface area (Å²) in [5.41, 5.74) is 1.71. The summed E-state index contributed by atoms with van der Waals surface area (Å²) in [7, 11) is -0.319. The van der Waals surface area contributed by atoms with E-state index in [-0.39, 0.29) is 17.2 Å². The highest BCUT2D eigenvalue weighted by molar-refractivity contribution is 7.87. The van der Waals surface area contributed by atoms with Crippen molar-refractivity contribution in [3.8, 4) is 11.8 Å². The van der Waals surface area contributed by atoms with Gasteiger partial charge in [0, 0.05) is 50.5 Å². The normalized spacial score (nSPS) is 18.0. The van der Waals surface area contributed by atoms with E-state index in [1.54, 1.807) is 31.1 Å². The second-order valence-electron chi connectivity index (χ2n) is 8.27. The van der Waals surface area contributed by atoms with Gasteiger partial charge in [-0.1, -0.05) is 0 Å². The first-order valence-corrected chi connectivity index (χ1v) is 11.8. The quantitative estimate of drug-likeness (QED) is 0.303. The molecule has 2 aliphatic rings. The van der Waals surface area contributed by atoms with Crippen LogP contribution >= 0.6 is 0 Å². The second kappa shape index (κ2) is 8.36. The molecular formula is C22H25N3O5S. The third kappa shape index (κ3) is 4.60. The fraction of sp³-hybridized carbons (Fsp3) is 0.455. The van der Waals surface area contributed by atoms with Gasteiger partial charge in [0.15, 0.2) is 0 Å². The van der Waals surface area contributed by atoms with Crippen molar-refractivity contribution in [3.63, 3.8) is 0 Å². The summed E-state index contributed by atoms with van der Waals surface area (Å²) < 4.78 is 36.6. The van der Waals surface area contributed by atoms with Crippen LogP contribution in [-0.2, 0) is 14.9 Å². The van der Waals surface area contributed by atoms with Gasteiger partial charge in [0.1, 0.15) is 22.6 Å². The Morgan fingerprint density at radius 1 is 1.23 bits per heavy atom. The fourth-order valence-corrected chi connectivity index (χ4v) is 5.09. The van der Waals surface area contributed by atoms with Gasteiger partial charge in [0.2, 0.25) is 5.78 Å². The number of ketones is 1. The zero-order valence-corrected chi connectivity index (χ0v) is 18.4. The lowest BCUT2D eigenvalue weighted by Gasteiger charge is -2.22. The van der Waals surface area contributed by atoms with Crippen molar-refractivity contribution in [2.24, 2.45) is 0 Å². The minimum atomic E-state index is -3.79. The topological polar surface area (TPSA) is 112 Å². The monoisotopic (exact) mass is 443 g/mol. The van der Waals surface area contributed by atoms with E-state index >= 15 is 0 Å². The number of aromatic nitrogens is 1. The van der Waals surface area contributed by atoms with Crippen LogP contribution in [0.1, 0.15) is 47.7 Å². The summed E-state index contributed by atoms with van der Waals surface area (Å²) in [4.78, 5) is 17.4. The molecule has 2 aromatic rings. The maximum Gasteiger partial charge on any atom is 0.312 e. The Morgan fingerprint density at radius 2 is 1.94 bits per heavy atom. The van der Waals surface area contributed by atoms with Crippen LogP contribution in [0, 0.1) is 11.3 Å². The molecule has 0 unspecified atom stereocenters. The second-order valence-corrected chi connectivity index (χ2v) is 10.1. The lowest BCUT2D eigenvalue weighted by Crippen LogP contribution is -2.32. The summed E-state index contributed by atoms with van der Waals surface area (Å²) in [5, 5.41) is 9.52. The van der Waals surface area contributed by atoms with Gasteiger partial charge in [0.05, 0.1) is 5.69 Å². The van der Waals surface area contributed by atoms with Crippen LogP contribution in [0.4, 0.5) is 0 Å². The lowest BCUT2D eigenvalue weighted by atomic mass is 10.1. The first kappa shape index (κ1) is 21.4. The SMILES string of the molecule is CN(C)/C=C(\C#N)C(=O)c1cc2cc(C3CC3)c(OS(=O)(=O)C3CCOCC3)cc2[nH]1. The molecule has 4 rings (SSSR count). The summed E-state index contributed by atoms with van der Waals surface area (Å²) >= 11 is 0. The number of fused-ring (bicyclic) bond motifs is 1. The standard InChI is InChI=1S/C22H25N3O5S/c1-25(2)13-16(12-23)22(26)20-10-15-9-18(14-3-4-14)21(11-19(15)24-20)30-31(27,28)17-5-7-29-8-6-17/h9-11,13-14,17,24H,3-8H2,1-2H3/b16-13+. The molecule has 1 aromatic heterocycles. The highest BCUT2D eigenvalue weighted by Crippen LogP contribution is 2.46. The molecule has 2 heterocycles. The third-order valence-electron chi connectivity index (χ3n) is 5.55. The average molecular weight is 444 g/mol. The van der Waals surface area contributed by atoms with Gasteiger partial charge in [0.25, 0.3) is 0 Å². The van der Waals surface area contributed by atoms with E-state index in [4.69, 9.17) is 8.92 Å². The Bertz CT molecular complexity index is 1180. The number of H-pyrrole nitrogens is 1. The van der Waals surface area contributed by atoms with E-state index in [0.717, 1.165) is 23.8 Å². The van der Waals surface area contributed by atoms with Gasteiger partial charge in [-0.25, -0.2) is 0 Å². The molecule has 1 aliphatic heterocycles. The highest BCUT2D eigenvalue weighted by atomic mass is 32.2. The molecule has 2 fully saturated rings. The van der Waals surface area contributed by atoms with Crippen molar-refractivity contribution in [1.29, 1.82) is 5.26 Å². The minimum Gasteiger partial charge on any atom is -0.382 e. The van der Waals surface area contributed by atoms with Crippen LogP contribution in [0.15, 0.2) is 30.0 Å². The number of nitrogens with zero attached hydrogens (tertiary/aromatic N) is 2. The van der Waals surface area contributed by atoms with E-state index in [0.29, 0.717) is 37.3 Å². The number of carbonyl (C=O) groups is 1. The summed E-state index contributed by atoms with van der Waals surface area (Å²) in [5.74, 6) is 0.144. The molecule has 1 aromatic carbocycles. The number of hydrogen-bond acceptors (Lipinski definition) is 7. The first-order valence-electron chi connectivity index (χ1n) is 10.3. The van der Waals surface area contributed by atoms with Gasteiger partial charge in [-0.15, -0.1) is 0 Å². The Morgan fingerprint density at radius 3 is 2.55 bits per heavy atom. The summed E-state index contributed by atoms with van der Waals surface area (Å²) in [6.07, 6.45) is 4.25. The van der Waals surface area contributed by atoms with Crippen LogP contribution in [0.2, 0.25) is 0 Å². The van der Waals surface area contributed by atoms with Gasteiger partial charge < -0.3 is 18.8 Å². The smallest absolute Gasteiger partial charge is 0.312 e. The highest BCUT2D eigenvalue weighted by Gasteiger charge is 2.33. The Kier molecular flexibility index (Phi) is 5.77. The molecule has 164 valence electrons. The molecule has 8 nitrogen and oxygen atoms in total. The van der Waals surface area contributed by atoms with Crippen LogP contribution in [0.25, 0.3) is 10.9 Å².